The van der Waals surface area contributed by atoms with Crippen LogP contribution in [0, 0.1) is 13.8 Å². The van der Waals surface area contributed by atoms with Crippen molar-refractivity contribution in [2.24, 2.45) is 0 Å². The molecule has 2 aromatic carbocycles. The summed E-state index contributed by atoms with van der Waals surface area (Å²) in [5.74, 6) is -0.150. The summed E-state index contributed by atoms with van der Waals surface area (Å²) < 4.78 is 1.27. The molecule has 0 radical (unpaired) electrons. The van der Waals surface area contributed by atoms with Gasteiger partial charge >= 0.3 is 11.1 Å². The van der Waals surface area contributed by atoms with E-state index >= 15 is 0 Å². The van der Waals surface area contributed by atoms with Crippen LogP contribution in [0.1, 0.15) is 11.1 Å². The number of nitrogens with one attached hydrogen (secondary N) is 1. The highest BCUT2D eigenvalue weighted by atomic mass is 16.2. The maximum atomic E-state index is 12.9. The molecular weight excluding hydrogens is 368 g/mol. The van der Waals surface area contributed by atoms with Crippen molar-refractivity contribution in [2.75, 3.05) is 31.1 Å². The molecule has 29 heavy (non-hydrogen) atoms. The van der Waals surface area contributed by atoms with Gasteiger partial charge in [-0.1, -0.05) is 24.3 Å². The molecule has 1 amide bonds. The lowest BCUT2D eigenvalue weighted by Gasteiger charge is -2.37. The molecule has 1 aliphatic rings. The number of hydrogen-bond acceptors (Lipinski definition) is 4. The van der Waals surface area contributed by atoms with Crippen LogP contribution >= 0.6 is 0 Å². The average Bonchev–Trinajstić information content (AvgIpc) is 2.73. The third kappa shape index (κ3) is 3.55. The third-order valence-corrected chi connectivity index (χ3v) is 5.72. The molecule has 0 unspecified atom stereocenters. The first kappa shape index (κ1) is 19.0. The van der Waals surface area contributed by atoms with Crippen LogP contribution < -0.4 is 16.0 Å². The van der Waals surface area contributed by atoms with Crippen molar-refractivity contribution in [1.82, 2.24) is 14.5 Å². The molecule has 1 saturated heterocycles. The van der Waals surface area contributed by atoms with Crippen LogP contribution in [0.4, 0.5) is 5.69 Å². The standard InChI is InChI=1S/C22H24N4O3/c1-15-6-5-9-18(16(15)2)24-10-12-25(13-11-24)20(27)14-26-19-8-4-3-7-17(19)23-21(28)22(26)29/h3-9H,10-14H2,1-2H3,(H,23,28). The molecule has 1 aromatic heterocycles. The maximum absolute atomic E-state index is 12.9. The number of amides is 1. The predicted octanol–water partition coefficient (Wildman–Crippen LogP) is 1.66. The van der Waals surface area contributed by atoms with Crippen LogP contribution in [0.5, 0.6) is 0 Å². The number of carbonyl (C=O) groups excluding carboxylic acids is 1. The van der Waals surface area contributed by atoms with Crippen molar-refractivity contribution < 1.29 is 4.79 Å². The first-order valence-corrected chi connectivity index (χ1v) is 9.76. The number of H-pyrrole nitrogens is 1. The first-order chi connectivity index (χ1) is 14.0. The number of anilines is 1. The molecule has 1 N–H and O–H groups in total. The zero-order valence-electron chi connectivity index (χ0n) is 16.6. The molecule has 0 atom stereocenters. The van der Waals surface area contributed by atoms with Crippen molar-refractivity contribution >= 4 is 22.6 Å². The second-order valence-electron chi connectivity index (χ2n) is 7.45. The number of aryl methyl sites for hydroxylation is 1. The van der Waals surface area contributed by atoms with Gasteiger partial charge < -0.3 is 14.8 Å². The van der Waals surface area contributed by atoms with Crippen LogP contribution in [0.3, 0.4) is 0 Å². The van der Waals surface area contributed by atoms with Gasteiger partial charge in [0.1, 0.15) is 6.54 Å². The molecule has 3 aromatic rings. The van der Waals surface area contributed by atoms with Crippen LogP contribution in [0.25, 0.3) is 11.0 Å². The van der Waals surface area contributed by atoms with Gasteiger partial charge in [-0.15, -0.1) is 0 Å². The Hall–Kier alpha value is -3.35. The lowest BCUT2D eigenvalue weighted by atomic mass is 10.1. The Morgan fingerprint density at radius 3 is 2.45 bits per heavy atom. The number of nitrogens with zero attached hydrogens (tertiary/aromatic N) is 3. The highest BCUT2D eigenvalue weighted by molar-refractivity contribution is 5.80. The molecule has 7 nitrogen and oxygen atoms in total. The first-order valence-electron chi connectivity index (χ1n) is 9.76. The molecule has 0 bridgehead atoms. The number of carbonyl (C=O) groups is 1. The predicted molar refractivity (Wildman–Crippen MR) is 114 cm³/mol. The Bertz CT molecular complexity index is 1190. The van der Waals surface area contributed by atoms with E-state index in [0.29, 0.717) is 24.1 Å². The molecule has 7 heteroatoms. The number of fused-ring (bicyclic) bond motifs is 1. The summed E-state index contributed by atoms with van der Waals surface area (Å²) in [4.78, 5) is 43.8. The van der Waals surface area contributed by atoms with Crippen LogP contribution in [0.15, 0.2) is 52.1 Å². The molecule has 1 fully saturated rings. The van der Waals surface area contributed by atoms with E-state index in [-0.39, 0.29) is 12.5 Å². The summed E-state index contributed by atoms with van der Waals surface area (Å²) >= 11 is 0. The molecule has 2 heterocycles. The van der Waals surface area contributed by atoms with E-state index in [1.54, 1.807) is 29.2 Å². The number of para-hydroxylation sites is 2. The van der Waals surface area contributed by atoms with Crippen LogP contribution in [0.2, 0.25) is 0 Å². The van der Waals surface area contributed by atoms with Gasteiger partial charge in [0.05, 0.1) is 11.0 Å². The second kappa shape index (κ2) is 7.58. The maximum Gasteiger partial charge on any atom is 0.317 e. The Labute approximate surface area is 168 Å². The smallest absolute Gasteiger partial charge is 0.317 e. The molecule has 150 valence electrons. The van der Waals surface area contributed by atoms with Crippen LogP contribution in [-0.2, 0) is 11.3 Å². The van der Waals surface area contributed by atoms with E-state index in [9.17, 15) is 14.4 Å². The highest BCUT2D eigenvalue weighted by Crippen LogP contribution is 2.24. The van der Waals surface area contributed by atoms with E-state index in [1.165, 1.54) is 21.4 Å². The van der Waals surface area contributed by atoms with Gasteiger partial charge in [-0.05, 0) is 43.2 Å². The summed E-state index contributed by atoms with van der Waals surface area (Å²) in [6.45, 7) is 6.73. The lowest BCUT2D eigenvalue weighted by molar-refractivity contribution is -0.132. The SMILES string of the molecule is Cc1cccc(N2CCN(C(=O)Cn3c(=O)c(=O)[nH]c4ccccc43)CC2)c1C. The number of aromatic nitrogens is 2. The molecule has 1 aliphatic heterocycles. The van der Waals surface area contributed by atoms with Crippen molar-refractivity contribution in [3.05, 3.63) is 74.3 Å². The minimum Gasteiger partial charge on any atom is -0.368 e. The zero-order valence-corrected chi connectivity index (χ0v) is 16.6. The van der Waals surface area contributed by atoms with E-state index in [2.05, 4.69) is 41.9 Å². The van der Waals surface area contributed by atoms with E-state index < -0.39 is 11.1 Å². The van der Waals surface area contributed by atoms with E-state index in [1.807, 2.05) is 0 Å². The summed E-state index contributed by atoms with van der Waals surface area (Å²) in [6, 6.07) is 13.3. The number of hydrogen-bond donors (Lipinski definition) is 1. The largest absolute Gasteiger partial charge is 0.368 e. The van der Waals surface area contributed by atoms with Crippen molar-refractivity contribution in [1.29, 1.82) is 0 Å². The lowest BCUT2D eigenvalue weighted by Crippen LogP contribution is -2.50. The normalized spacial score (nSPS) is 14.4. The molecule has 4 rings (SSSR count). The summed E-state index contributed by atoms with van der Waals surface area (Å²) in [6.07, 6.45) is 0. The Morgan fingerprint density at radius 1 is 0.966 bits per heavy atom. The van der Waals surface area contributed by atoms with E-state index in [0.717, 1.165) is 13.1 Å². The molecule has 0 spiro atoms. The van der Waals surface area contributed by atoms with Crippen molar-refractivity contribution in [3.8, 4) is 0 Å². The van der Waals surface area contributed by atoms with Gasteiger partial charge in [0, 0.05) is 31.9 Å². The number of piperazine rings is 1. The zero-order chi connectivity index (χ0) is 20.5. The fourth-order valence-corrected chi connectivity index (χ4v) is 3.89. The number of rotatable bonds is 3. The summed E-state index contributed by atoms with van der Waals surface area (Å²) in [7, 11) is 0. The van der Waals surface area contributed by atoms with Gasteiger partial charge in [0.25, 0.3) is 0 Å². The molecular formula is C22H24N4O3. The Kier molecular flexibility index (Phi) is 4.96. The minimum absolute atomic E-state index is 0.132. The van der Waals surface area contributed by atoms with Gasteiger partial charge in [0.15, 0.2) is 0 Å². The second-order valence-corrected chi connectivity index (χ2v) is 7.45. The fourth-order valence-electron chi connectivity index (χ4n) is 3.89. The number of aromatic amines is 1. The van der Waals surface area contributed by atoms with Gasteiger partial charge in [-0.3, -0.25) is 19.0 Å². The topological polar surface area (TPSA) is 78.4 Å². The number of benzene rings is 2. The Balaban J connectivity index is 1.51. The Morgan fingerprint density at radius 2 is 1.69 bits per heavy atom. The minimum atomic E-state index is -0.712. The average molecular weight is 392 g/mol. The monoisotopic (exact) mass is 392 g/mol. The summed E-state index contributed by atoms with van der Waals surface area (Å²) in [5, 5.41) is 0. The van der Waals surface area contributed by atoms with Crippen LogP contribution in [-0.4, -0.2) is 46.5 Å². The highest BCUT2D eigenvalue weighted by Gasteiger charge is 2.23. The van der Waals surface area contributed by atoms with Gasteiger partial charge in [-0.25, -0.2) is 0 Å². The molecule has 0 aliphatic carbocycles. The quantitative estimate of drug-likeness (QED) is 0.688. The van der Waals surface area contributed by atoms with Gasteiger partial charge in [-0.2, -0.15) is 0 Å². The summed E-state index contributed by atoms with van der Waals surface area (Å²) in [5.41, 5.74) is 3.40. The fraction of sp³-hybridized carbons (Fsp3) is 0.318. The van der Waals surface area contributed by atoms with Gasteiger partial charge in [0.2, 0.25) is 5.91 Å². The van der Waals surface area contributed by atoms with Crippen molar-refractivity contribution in [3.63, 3.8) is 0 Å². The molecule has 0 saturated carbocycles. The third-order valence-electron chi connectivity index (χ3n) is 5.72. The van der Waals surface area contributed by atoms with E-state index in [4.69, 9.17) is 0 Å². The van der Waals surface area contributed by atoms with Crippen molar-refractivity contribution in [2.45, 2.75) is 20.4 Å².